The number of nitrogens with zero attached hydrogens (tertiary/aromatic N) is 2. The van der Waals surface area contributed by atoms with Crippen molar-refractivity contribution < 1.29 is 18.3 Å². The molecule has 0 bridgehead atoms. The summed E-state index contributed by atoms with van der Waals surface area (Å²) in [7, 11) is -1.78. The zero-order valence-electron chi connectivity index (χ0n) is 17.6. The second-order valence-electron chi connectivity index (χ2n) is 8.17. The molecule has 0 aliphatic carbocycles. The number of rotatable bonds is 7. The zero-order valence-corrected chi connectivity index (χ0v) is 18.4. The van der Waals surface area contributed by atoms with Crippen LogP contribution in [0.15, 0.2) is 47.4 Å². The molecule has 8 heteroatoms. The van der Waals surface area contributed by atoms with Gasteiger partial charge in [-0.2, -0.15) is 0 Å². The quantitative estimate of drug-likeness (QED) is 0.700. The Morgan fingerprint density at radius 1 is 1.07 bits per heavy atom. The van der Waals surface area contributed by atoms with E-state index in [1.165, 1.54) is 6.07 Å². The highest BCUT2D eigenvalue weighted by Gasteiger charge is 2.22. The molecule has 1 aliphatic rings. The third kappa shape index (κ3) is 5.31. The summed E-state index contributed by atoms with van der Waals surface area (Å²) in [6, 6.07) is 11.5. The van der Waals surface area contributed by atoms with Crippen molar-refractivity contribution >= 4 is 27.4 Å². The van der Waals surface area contributed by atoms with Gasteiger partial charge in [0.15, 0.2) is 0 Å². The molecule has 2 N–H and O–H groups in total. The minimum absolute atomic E-state index is 0.0898. The molecule has 30 heavy (non-hydrogen) atoms. The van der Waals surface area contributed by atoms with Gasteiger partial charge in [-0.15, -0.1) is 0 Å². The maximum absolute atomic E-state index is 12.8. The van der Waals surface area contributed by atoms with Gasteiger partial charge in [0.05, 0.1) is 16.1 Å². The van der Waals surface area contributed by atoms with E-state index in [0.29, 0.717) is 11.6 Å². The molecule has 0 atom stereocenters. The fourth-order valence-electron chi connectivity index (χ4n) is 3.58. The van der Waals surface area contributed by atoms with Crippen molar-refractivity contribution in [3.05, 3.63) is 53.6 Å². The van der Waals surface area contributed by atoms with Crippen molar-refractivity contribution in [1.29, 1.82) is 0 Å². The topological polar surface area (TPSA) is 90.0 Å². The van der Waals surface area contributed by atoms with Crippen LogP contribution in [0.5, 0.6) is 0 Å². The van der Waals surface area contributed by atoms with E-state index in [0.717, 1.165) is 38.2 Å². The molecule has 162 valence electrons. The van der Waals surface area contributed by atoms with E-state index in [1.807, 2.05) is 24.1 Å². The molecule has 0 unspecified atom stereocenters. The molecule has 0 spiro atoms. The lowest BCUT2D eigenvalue weighted by Crippen LogP contribution is -2.45. The van der Waals surface area contributed by atoms with Crippen molar-refractivity contribution in [3.63, 3.8) is 0 Å². The van der Waals surface area contributed by atoms with E-state index in [1.54, 1.807) is 24.3 Å². The number of anilines is 2. The molecule has 0 aromatic heterocycles. The minimum atomic E-state index is -3.81. The number of piperazine rings is 1. The van der Waals surface area contributed by atoms with Crippen molar-refractivity contribution in [2.24, 2.45) is 5.92 Å². The van der Waals surface area contributed by atoms with Crippen molar-refractivity contribution in [3.8, 4) is 0 Å². The molecular formula is C22H29N3O4S. The number of carboxylic acids is 1. The molecule has 1 aliphatic heterocycles. The summed E-state index contributed by atoms with van der Waals surface area (Å²) in [6.45, 7) is 7.37. The fraction of sp³-hybridized carbons (Fsp3) is 0.409. The first-order valence-electron chi connectivity index (χ1n) is 10.1. The van der Waals surface area contributed by atoms with Crippen LogP contribution in [0.2, 0.25) is 0 Å². The second-order valence-corrected chi connectivity index (χ2v) is 9.86. The van der Waals surface area contributed by atoms with Crippen molar-refractivity contribution in [2.45, 2.75) is 25.2 Å². The van der Waals surface area contributed by atoms with E-state index >= 15 is 0 Å². The van der Waals surface area contributed by atoms with Crippen LogP contribution in [0.3, 0.4) is 0 Å². The molecule has 0 saturated carbocycles. The smallest absolute Gasteiger partial charge is 0.337 e. The monoisotopic (exact) mass is 431 g/mol. The van der Waals surface area contributed by atoms with E-state index in [2.05, 4.69) is 23.5 Å². The van der Waals surface area contributed by atoms with E-state index in [9.17, 15) is 18.3 Å². The first-order chi connectivity index (χ1) is 14.2. The average Bonchev–Trinajstić information content (AvgIpc) is 2.68. The standard InChI is InChI=1S/C22H29N3O4S/c1-16(2)14-17-4-7-19(8-5-17)30(28,29)23-18-6-9-21(20(15-18)22(26)27)25-12-10-24(3)11-13-25/h4-9,15-16,23H,10-14H2,1-3H3,(H,26,27). The summed E-state index contributed by atoms with van der Waals surface area (Å²) in [6.07, 6.45) is 0.878. The van der Waals surface area contributed by atoms with Crippen LogP contribution in [-0.4, -0.2) is 57.6 Å². The predicted octanol–water partition coefficient (Wildman–Crippen LogP) is 3.14. The van der Waals surface area contributed by atoms with E-state index in [4.69, 9.17) is 0 Å². The highest BCUT2D eigenvalue weighted by Crippen LogP contribution is 2.27. The van der Waals surface area contributed by atoms with Crippen LogP contribution < -0.4 is 9.62 Å². The Kier molecular flexibility index (Phi) is 6.67. The van der Waals surface area contributed by atoms with Gasteiger partial charge in [-0.1, -0.05) is 26.0 Å². The summed E-state index contributed by atoms with van der Waals surface area (Å²) in [5.41, 5.74) is 2.01. The predicted molar refractivity (Wildman–Crippen MR) is 119 cm³/mol. The first-order valence-corrected chi connectivity index (χ1v) is 11.6. The molecule has 7 nitrogen and oxygen atoms in total. The van der Waals surface area contributed by atoms with Gasteiger partial charge in [0.25, 0.3) is 10.0 Å². The summed E-state index contributed by atoms with van der Waals surface area (Å²) in [4.78, 5) is 16.2. The fourth-order valence-corrected chi connectivity index (χ4v) is 4.63. The van der Waals surface area contributed by atoms with Crippen LogP contribution in [-0.2, 0) is 16.4 Å². The molecule has 0 radical (unpaired) electrons. The van der Waals surface area contributed by atoms with E-state index < -0.39 is 16.0 Å². The second kappa shape index (κ2) is 9.06. The molecule has 2 aromatic rings. The number of hydrogen-bond acceptors (Lipinski definition) is 5. The summed E-state index contributed by atoms with van der Waals surface area (Å²) < 4.78 is 28.0. The lowest BCUT2D eigenvalue weighted by Gasteiger charge is -2.34. The Morgan fingerprint density at radius 2 is 1.70 bits per heavy atom. The molecule has 1 fully saturated rings. The Balaban J connectivity index is 1.82. The van der Waals surface area contributed by atoms with Gasteiger partial charge in [-0.25, -0.2) is 13.2 Å². The number of aromatic carboxylic acids is 1. The van der Waals surface area contributed by atoms with Gasteiger partial charge in [0.1, 0.15) is 0 Å². The third-order valence-corrected chi connectivity index (χ3v) is 6.60. The number of likely N-dealkylation sites (N-methyl/N-ethyl adjacent to an activating group) is 1. The van der Waals surface area contributed by atoms with Crippen LogP contribution in [0.25, 0.3) is 0 Å². The molecule has 1 saturated heterocycles. The number of hydrogen-bond donors (Lipinski definition) is 2. The number of carbonyl (C=O) groups is 1. The van der Waals surface area contributed by atoms with E-state index in [-0.39, 0.29) is 16.1 Å². The zero-order chi connectivity index (χ0) is 21.9. The average molecular weight is 432 g/mol. The van der Waals surface area contributed by atoms with Gasteiger partial charge in [0, 0.05) is 31.9 Å². The van der Waals surface area contributed by atoms with Gasteiger partial charge < -0.3 is 14.9 Å². The molecule has 3 rings (SSSR count). The highest BCUT2D eigenvalue weighted by atomic mass is 32.2. The normalized spacial score (nSPS) is 15.4. The summed E-state index contributed by atoms with van der Waals surface area (Å²) in [5.74, 6) is -0.596. The summed E-state index contributed by atoms with van der Waals surface area (Å²) in [5, 5.41) is 9.68. The molecule has 2 aromatic carbocycles. The SMILES string of the molecule is CC(C)Cc1ccc(S(=O)(=O)Nc2ccc(N3CCN(C)CC3)c(C(=O)O)c2)cc1. The Bertz CT molecular complexity index is 996. The van der Waals surface area contributed by atoms with Crippen molar-refractivity contribution in [2.75, 3.05) is 42.8 Å². The Labute approximate surface area is 178 Å². The lowest BCUT2D eigenvalue weighted by molar-refractivity contribution is 0.0697. The number of carboxylic acid groups (broad SMARTS) is 1. The van der Waals surface area contributed by atoms with Gasteiger partial charge >= 0.3 is 5.97 Å². The van der Waals surface area contributed by atoms with Crippen LogP contribution in [0.4, 0.5) is 11.4 Å². The lowest BCUT2D eigenvalue weighted by atomic mass is 10.0. The largest absolute Gasteiger partial charge is 0.478 e. The summed E-state index contributed by atoms with van der Waals surface area (Å²) >= 11 is 0. The van der Waals surface area contributed by atoms with Crippen LogP contribution in [0.1, 0.15) is 29.8 Å². The van der Waals surface area contributed by atoms with Crippen LogP contribution in [0, 0.1) is 5.92 Å². The van der Waals surface area contributed by atoms with Crippen molar-refractivity contribution in [1.82, 2.24) is 4.90 Å². The maximum atomic E-state index is 12.8. The minimum Gasteiger partial charge on any atom is -0.478 e. The van der Waals surface area contributed by atoms with Gasteiger partial charge in [-0.3, -0.25) is 4.72 Å². The highest BCUT2D eigenvalue weighted by molar-refractivity contribution is 7.92. The Morgan fingerprint density at radius 3 is 2.27 bits per heavy atom. The third-order valence-electron chi connectivity index (χ3n) is 5.20. The van der Waals surface area contributed by atoms with Gasteiger partial charge in [0.2, 0.25) is 0 Å². The Hall–Kier alpha value is -2.58. The molecule has 0 amide bonds. The molecular weight excluding hydrogens is 402 g/mol. The van der Waals surface area contributed by atoms with Gasteiger partial charge in [-0.05, 0) is 55.3 Å². The number of nitrogens with one attached hydrogen (secondary N) is 1. The first kappa shape index (κ1) is 22.1. The van der Waals surface area contributed by atoms with Crippen LogP contribution >= 0.6 is 0 Å². The maximum Gasteiger partial charge on any atom is 0.337 e. The number of benzene rings is 2. The molecule has 1 heterocycles. The number of sulfonamides is 1.